The van der Waals surface area contributed by atoms with E-state index in [0.29, 0.717) is 24.5 Å². The van der Waals surface area contributed by atoms with Crippen molar-refractivity contribution >= 4 is 5.91 Å². The lowest BCUT2D eigenvalue weighted by Crippen LogP contribution is -2.44. The average Bonchev–Trinajstić information content (AvgIpc) is 3.16. The first-order valence-electron chi connectivity index (χ1n) is 7.94. The Morgan fingerprint density at radius 3 is 2.52 bits per heavy atom. The fourth-order valence-electron chi connectivity index (χ4n) is 3.05. The van der Waals surface area contributed by atoms with Crippen LogP contribution in [0.2, 0.25) is 0 Å². The maximum Gasteiger partial charge on any atom is 0.253 e. The van der Waals surface area contributed by atoms with Gasteiger partial charge in [-0.1, -0.05) is 24.2 Å². The number of hydrogen-bond acceptors (Lipinski definition) is 5. The second-order valence-electron chi connectivity index (χ2n) is 6.14. The number of aliphatic hydroxyl groups is 1. The van der Waals surface area contributed by atoms with Crippen LogP contribution in [-0.4, -0.2) is 45.8 Å². The smallest absolute Gasteiger partial charge is 0.253 e. The van der Waals surface area contributed by atoms with Crippen LogP contribution >= 0.6 is 0 Å². The molecule has 1 aliphatic rings. The topological polar surface area (TPSA) is 79.5 Å². The summed E-state index contributed by atoms with van der Waals surface area (Å²) in [6.45, 7) is 3.69. The Morgan fingerprint density at radius 2 is 2.00 bits per heavy atom. The highest BCUT2D eigenvalue weighted by Gasteiger charge is 2.34. The van der Waals surface area contributed by atoms with Crippen molar-refractivity contribution in [3.05, 3.63) is 36.2 Å². The van der Waals surface area contributed by atoms with Crippen molar-refractivity contribution in [1.29, 1.82) is 0 Å². The van der Waals surface area contributed by atoms with Crippen LogP contribution in [0.4, 0.5) is 0 Å². The zero-order chi connectivity index (χ0) is 16.3. The van der Waals surface area contributed by atoms with Gasteiger partial charge in [0.15, 0.2) is 0 Å². The van der Waals surface area contributed by atoms with Crippen LogP contribution in [0.25, 0.3) is 11.4 Å². The molecule has 1 aromatic heterocycles. The maximum atomic E-state index is 12.6. The lowest BCUT2D eigenvalue weighted by atomic mass is 9.77. The molecule has 0 bridgehead atoms. The number of hydrogen-bond donors (Lipinski definition) is 1. The molecular weight excluding hydrogens is 294 g/mol. The SMILES string of the molecule is CCC1(CO)CCN(C(=O)c2ccc(-c3ncon3)cc2)CC1. The van der Waals surface area contributed by atoms with Gasteiger partial charge in [0.25, 0.3) is 5.91 Å². The average molecular weight is 315 g/mol. The molecule has 1 amide bonds. The van der Waals surface area contributed by atoms with Gasteiger partial charge in [-0.3, -0.25) is 4.79 Å². The van der Waals surface area contributed by atoms with Crippen molar-refractivity contribution in [1.82, 2.24) is 15.0 Å². The van der Waals surface area contributed by atoms with Crippen molar-refractivity contribution in [2.75, 3.05) is 19.7 Å². The Bertz CT molecular complexity index is 638. The number of piperidine rings is 1. The highest BCUT2D eigenvalue weighted by atomic mass is 16.5. The van der Waals surface area contributed by atoms with Crippen molar-refractivity contribution in [3.63, 3.8) is 0 Å². The van der Waals surface area contributed by atoms with E-state index >= 15 is 0 Å². The summed E-state index contributed by atoms with van der Waals surface area (Å²) in [4.78, 5) is 18.5. The molecule has 0 aliphatic carbocycles. The molecule has 0 unspecified atom stereocenters. The Balaban J connectivity index is 1.67. The van der Waals surface area contributed by atoms with Gasteiger partial charge in [-0.25, -0.2) is 0 Å². The highest BCUT2D eigenvalue weighted by molar-refractivity contribution is 5.94. The molecule has 0 saturated carbocycles. The molecule has 0 atom stereocenters. The van der Waals surface area contributed by atoms with E-state index in [1.54, 1.807) is 12.1 Å². The van der Waals surface area contributed by atoms with Crippen LogP contribution < -0.4 is 0 Å². The number of carbonyl (C=O) groups excluding carboxylic acids is 1. The summed E-state index contributed by atoms with van der Waals surface area (Å²) in [5.41, 5.74) is 1.46. The largest absolute Gasteiger partial charge is 0.396 e. The standard InChI is InChI=1S/C17H21N3O3/c1-2-17(11-21)7-9-20(10-8-17)16(22)14-5-3-13(4-6-14)15-18-12-23-19-15/h3-6,12,21H,2,7-11H2,1H3. The van der Waals surface area contributed by atoms with Gasteiger partial charge in [-0.2, -0.15) is 4.98 Å². The van der Waals surface area contributed by atoms with E-state index < -0.39 is 0 Å². The molecule has 122 valence electrons. The van der Waals surface area contributed by atoms with Gasteiger partial charge in [0.1, 0.15) is 0 Å². The van der Waals surface area contributed by atoms with E-state index in [0.717, 1.165) is 24.8 Å². The minimum atomic E-state index is -0.0146. The normalized spacial score (nSPS) is 17.2. The van der Waals surface area contributed by atoms with E-state index in [-0.39, 0.29) is 17.9 Å². The number of rotatable bonds is 4. The summed E-state index contributed by atoms with van der Waals surface area (Å²) in [7, 11) is 0. The molecule has 0 radical (unpaired) electrons. The van der Waals surface area contributed by atoms with Crippen LogP contribution in [0.5, 0.6) is 0 Å². The van der Waals surface area contributed by atoms with Crippen molar-refractivity contribution in [3.8, 4) is 11.4 Å². The molecular formula is C17H21N3O3. The summed E-state index contributed by atoms with van der Waals surface area (Å²) < 4.78 is 4.73. The minimum Gasteiger partial charge on any atom is -0.396 e. The van der Waals surface area contributed by atoms with E-state index in [1.807, 2.05) is 17.0 Å². The second-order valence-corrected chi connectivity index (χ2v) is 6.14. The molecule has 23 heavy (non-hydrogen) atoms. The van der Waals surface area contributed by atoms with E-state index in [4.69, 9.17) is 4.52 Å². The van der Waals surface area contributed by atoms with Gasteiger partial charge in [-0.05, 0) is 36.8 Å². The van der Waals surface area contributed by atoms with Crippen LogP contribution in [0.15, 0.2) is 35.2 Å². The first-order chi connectivity index (χ1) is 11.2. The van der Waals surface area contributed by atoms with Crippen LogP contribution in [0.3, 0.4) is 0 Å². The lowest BCUT2D eigenvalue weighted by Gasteiger charge is -2.40. The molecule has 6 heteroatoms. The summed E-state index contributed by atoms with van der Waals surface area (Å²) in [6, 6.07) is 7.24. The third kappa shape index (κ3) is 3.12. The number of nitrogens with zero attached hydrogens (tertiary/aromatic N) is 3. The number of benzene rings is 1. The third-order valence-electron chi connectivity index (χ3n) is 4.95. The Labute approximate surface area is 135 Å². The lowest BCUT2D eigenvalue weighted by molar-refractivity contribution is 0.0338. The first-order valence-corrected chi connectivity index (χ1v) is 7.94. The fraction of sp³-hybridized carbons (Fsp3) is 0.471. The quantitative estimate of drug-likeness (QED) is 0.937. The second kappa shape index (κ2) is 6.50. The van der Waals surface area contributed by atoms with E-state index in [1.165, 1.54) is 6.39 Å². The van der Waals surface area contributed by atoms with E-state index in [2.05, 4.69) is 17.1 Å². The fourth-order valence-corrected chi connectivity index (χ4v) is 3.05. The predicted molar refractivity (Wildman–Crippen MR) is 84.7 cm³/mol. The van der Waals surface area contributed by atoms with Crippen molar-refractivity contribution in [2.24, 2.45) is 5.41 Å². The zero-order valence-corrected chi connectivity index (χ0v) is 13.2. The summed E-state index contributed by atoms with van der Waals surface area (Å²) in [5, 5.41) is 13.4. The minimum absolute atomic E-state index is 0.0146. The zero-order valence-electron chi connectivity index (χ0n) is 13.2. The van der Waals surface area contributed by atoms with Gasteiger partial charge in [-0.15, -0.1) is 0 Å². The van der Waals surface area contributed by atoms with Crippen LogP contribution in [0, 0.1) is 5.41 Å². The van der Waals surface area contributed by atoms with Gasteiger partial charge < -0.3 is 14.5 Å². The molecule has 3 rings (SSSR count). The molecule has 1 saturated heterocycles. The highest BCUT2D eigenvalue weighted by Crippen LogP contribution is 2.34. The van der Waals surface area contributed by atoms with Crippen LogP contribution in [0.1, 0.15) is 36.5 Å². The van der Waals surface area contributed by atoms with Crippen molar-refractivity contribution < 1.29 is 14.4 Å². The number of aliphatic hydroxyl groups excluding tert-OH is 1. The Morgan fingerprint density at radius 1 is 1.30 bits per heavy atom. The van der Waals surface area contributed by atoms with E-state index in [9.17, 15) is 9.90 Å². The number of carbonyl (C=O) groups is 1. The molecule has 2 aromatic rings. The third-order valence-corrected chi connectivity index (χ3v) is 4.95. The first kappa shape index (κ1) is 15.7. The summed E-state index contributed by atoms with van der Waals surface area (Å²) in [6.07, 6.45) is 3.94. The Kier molecular flexibility index (Phi) is 4.43. The number of likely N-dealkylation sites (tertiary alicyclic amines) is 1. The van der Waals surface area contributed by atoms with Crippen molar-refractivity contribution in [2.45, 2.75) is 26.2 Å². The summed E-state index contributed by atoms with van der Waals surface area (Å²) >= 11 is 0. The number of aromatic nitrogens is 2. The molecule has 2 heterocycles. The molecule has 1 aliphatic heterocycles. The molecule has 1 aromatic carbocycles. The van der Waals surface area contributed by atoms with Gasteiger partial charge in [0.2, 0.25) is 12.2 Å². The molecule has 1 N–H and O–H groups in total. The monoisotopic (exact) mass is 315 g/mol. The number of amides is 1. The summed E-state index contributed by atoms with van der Waals surface area (Å²) in [5.74, 6) is 0.546. The van der Waals surface area contributed by atoms with Crippen LogP contribution in [-0.2, 0) is 0 Å². The molecule has 6 nitrogen and oxygen atoms in total. The van der Waals surface area contributed by atoms with Gasteiger partial charge in [0.05, 0.1) is 0 Å². The predicted octanol–water partition coefficient (Wildman–Crippen LogP) is 2.36. The Hall–Kier alpha value is -2.21. The van der Waals surface area contributed by atoms with Gasteiger partial charge in [0, 0.05) is 30.8 Å². The molecule has 0 spiro atoms. The van der Waals surface area contributed by atoms with Gasteiger partial charge >= 0.3 is 0 Å². The molecule has 1 fully saturated rings. The maximum absolute atomic E-state index is 12.6.